The monoisotopic (exact) mass is 272 g/mol. The Hall–Kier alpha value is -0.890. The molecule has 0 aromatic carbocycles. The van der Waals surface area contributed by atoms with Crippen LogP contribution >= 0.6 is 0 Å². The van der Waals surface area contributed by atoms with Gasteiger partial charge in [0.2, 0.25) is 10.0 Å². The second kappa shape index (κ2) is 5.40. The Balaban J connectivity index is 2.19. The molecule has 102 valence electrons. The zero-order chi connectivity index (χ0) is 13.2. The lowest BCUT2D eigenvalue weighted by molar-refractivity contribution is 0.347. The van der Waals surface area contributed by atoms with Gasteiger partial charge in [0.1, 0.15) is 0 Å². The minimum absolute atomic E-state index is 0.313. The molecule has 1 aromatic heterocycles. The van der Waals surface area contributed by atoms with Crippen molar-refractivity contribution in [2.24, 2.45) is 5.73 Å². The predicted octanol–water partition coefficient (Wildman–Crippen LogP) is -0.200. The lowest BCUT2D eigenvalue weighted by atomic mass is 10.4. The van der Waals surface area contributed by atoms with Crippen LogP contribution in [0.15, 0.2) is 17.2 Å². The summed E-state index contributed by atoms with van der Waals surface area (Å²) in [6.07, 6.45) is 2.38. The predicted molar refractivity (Wildman–Crippen MR) is 69.6 cm³/mol. The van der Waals surface area contributed by atoms with Gasteiger partial charge in [0, 0.05) is 38.1 Å². The van der Waals surface area contributed by atoms with Crippen LogP contribution in [0.1, 0.15) is 12.1 Å². The van der Waals surface area contributed by atoms with Crippen molar-refractivity contribution in [1.82, 2.24) is 14.2 Å². The minimum Gasteiger partial charge on any atom is -0.363 e. The third-order valence-electron chi connectivity index (χ3n) is 3.25. The van der Waals surface area contributed by atoms with Crippen molar-refractivity contribution >= 4 is 10.0 Å². The third kappa shape index (κ3) is 2.74. The number of nitrogens with zero attached hydrogens (tertiary/aromatic N) is 2. The molecule has 6 nitrogen and oxygen atoms in total. The van der Waals surface area contributed by atoms with Gasteiger partial charge in [-0.15, -0.1) is 0 Å². The van der Waals surface area contributed by atoms with E-state index in [2.05, 4.69) is 9.88 Å². The van der Waals surface area contributed by atoms with Crippen molar-refractivity contribution in [3.05, 3.63) is 18.0 Å². The zero-order valence-electron chi connectivity index (χ0n) is 10.6. The molecule has 1 saturated heterocycles. The molecule has 7 heteroatoms. The summed E-state index contributed by atoms with van der Waals surface area (Å²) in [6.45, 7) is 3.15. The highest BCUT2D eigenvalue weighted by Gasteiger charge is 2.26. The summed E-state index contributed by atoms with van der Waals surface area (Å²) in [5.41, 5.74) is 6.22. The number of sulfonamides is 1. The van der Waals surface area contributed by atoms with E-state index in [1.54, 1.807) is 10.4 Å². The van der Waals surface area contributed by atoms with Gasteiger partial charge in [-0.2, -0.15) is 4.31 Å². The molecule has 0 bridgehead atoms. The number of likely N-dealkylation sites (N-methyl/N-ethyl adjacent to an activating group) is 1. The van der Waals surface area contributed by atoms with Crippen LogP contribution in [0.3, 0.4) is 0 Å². The van der Waals surface area contributed by atoms with E-state index in [0.29, 0.717) is 24.5 Å². The van der Waals surface area contributed by atoms with Crippen LogP contribution in [-0.2, 0) is 16.6 Å². The molecule has 1 fully saturated rings. The second-order valence-corrected chi connectivity index (χ2v) is 6.56. The van der Waals surface area contributed by atoms with Gasteiger partial charge in [-0.1, -0.05) is 0 Å². The van der Waals surface area contributed by atoms with Crippen molar-refractivity contribution in [3.8, 4) is 0 Å². The number of nitrogens with two attached hydrogens (primary N) is 1. The van der Waals surface area contributed by atoms with Crippen LogP contribution in [0, 0.1) is 0 Å². The molecule has 0 aliphatic carbocycles. The highest BCUT2D eigenvalue weighted by molar-refractivity contribution is 7.89. The first-order chi connectivity index (χ1) is 8.54. The van der Waals surface area contributed by atoms with Crippen LogP contribution < -0.4 is 5.73 Å². The molecule has 0 atom stereocenters. The molecule has 1 aromatic rings. The van der Waals surface area contributed by atoms with E-state index in [0.717, 1.165) is 25.2 Å². The molecule has 2 heterocycles. The summed E-state index contributed by atoms with van der Waals surface area (Å²) in [5, 5.41) is 0. The van der Waals surface area contributed by atoms with E-state index in [1.165, 1.54) is 6.20 Å². The maximum atomic E-state index is 12.4. The Morgan fingerprint density at radius 1 is 1.33 bits per heavy atom. The first-order valence-corrected chi connectivity index (χ1v) is 7.54. The molecule has 3 N–H and O–H groups in total. The number of H-pyrrole nitrogens is 1. The lowest BCUT2D eigenvalue weighted by Crippen LogP contribution is -2.34. The number of aromatic nitrogens is 1. The molecule has 18 heavy (non-hydrogen) atoms. The van der Waals surface area contributed by atoms with Gasteiger partial charge in [0.05, 0.1) is 4.90 Å². The lowest BCUT2D eigenvalue weighted by Gasteiger charge is -2.19. The number of nitrogens with one attached hydrogen (secondary N) is 1. The van der Waals surface area contributed by atoms with Crippen molar-refractivity contribution < 1.29 is 8.42 Å². The van der Waals surface area contributed by atoms with Crippen molar-refractivity contribution in [2.45, 2.75) is 17.9 Å². The maximum Gasteiger partial charge on any atom is 0.244 e. The van der Waals surface area contributed by atoms with Crippen molar-refractivity contribution in [3.63, 3.8) is 0 Å². The van der Waals surface area contributed by atoms with Crippen LogP contribution in [0.4, 0.5) is 0 Å². The van der Waals surface area contributed by atoms with Crippen LogP contribution in [0.25, 0.3) is 0 Å². The number of aromatic amines is 1. The average Bonchev–Trinajstić information content (AvgIpc) is 2.72. The summed E-state index contributed by atoms with van der Waals surface area (Å²) in [4.78, 5) is 5.35. The fourth-order valence-corrected chi connectivity index (χ4v) is 3.59. The van der Waals surface area contributed by atoms with Crippen molar-refractivity contribution in [1.29, 1.82) is 0 Å². The minimum atomic E-state index is -3.38. The standard InChI is InChI=1S/C11H20N4O2S/c1-14-3-2-4-15(6-5-14)18(16,17)11-7-10(8-12)13-9-11/h7,9,13H,2-6,8,12H2,1H3. The second-order valence-electron chi connectivity index (χ2n) is 4.63. The van der Waals surface area contributed by atoms with Crippen LogP contribution in [0.5, 0.6) is 0 Å². The Bertz CT molecular complexity index is 497. The fourth-order valence-electron chi connectivity index (χ4n) is 2.10. The molecule has 1 aliphatic heterocycles. The smallest absolute Gasteiger partial charge is 0.244 e. The van der Waals surface area contributed by atoms with E-state index < -0.39 is 10.0 Å². The Morgan fingerprint density at radius 3 is 2.78 bits per heavy atom. The van der Waals surface area contributed by atoms with Gasteiger partial charge < -0.3 is 15.6 Å². The van der Waals surface area contributed by atoms with E-state index in [4.69, 9.17) is 5.73 Å². The zero-order valence-corrected chi connectivity index (χ0v) is 11.4. The van der Waals surface area contributed by atoms with Gasteiger partial charge in [0.25, 0.3) is 0 Å². The van der Waals surface area contributed by atoms with E-state index in [1.807, 2.05) is 7.05 Å². The van der Waals surface area contributed by atoms with Gasteiger partial charge >= 0.3 is 0 Å². The SMILES string of the molecule is CN1CCCN(S(=O)(=O)c2c[nH]c(CN)c2)CC1. The summed E-state index contributed by atoms with van der Waals surface area (Å²) < 4.78 is 26.4. The molecule has 1 aliphatic rings. The first-order valence-electron chi connectivity index (χ1n) is 6.10. The van der Waals surface area contributed by atoms with Gasteiger partial charge in [-0.05, 0) is 26.1 Å². The average molecular weight is 272 g/mol. The number of hydrogen-bond acceptors (Lipinski definition) is 4. The number of hydrogen-bond donors (Lipinski definition) is 2. The molecule has 0 spiro atoms. The van der Waals surface area contributed by atoms with Crippen LogP contribution in [0.2, 0.25) is 0 Å². The summed E-state index contributed by atoms with van der Waals surface area (Å²) in [7, 11) is -1.37. The fraction of sp³-hybridized carbons (Fsp3) is 0.636. The number of rotatable bonds is 3. The molecule has 2 rings (SSSR count). The van der Waals surface area contributed by atoms with E-state index in [-0.39, 0.29) is 0 Å². The molecular weight excluding hydrogens is 252 g/mol. The quantitative estimate of drug-likeness (QED) is 0.798. The van der Waals surface area contributed by atoms with Gasteiger partial charge in [0.15, 0.2) is 0 Å². The Kier molecular flexibility index (Phi) is 4.06. The summed E-state index contributed by atoms with van der Waals surface area (Å²) in [6, 6.07) is 1.62. The molecule has 0 radical (unpaired) electrons. The third-order valence-corrected chi connectivity index (χ3v) is 5.13. The van der Waals surface area contributed by atoms with Gasteiger partial charge in [-0.25, -0.2) is 8.42 Å². The molecular formula is C11H20N4O2S. The van der Waals surface area contributed by atoms with Crippen molar-refractivity contribution in [2.75, 3.05) is 33.2 Å². The summed E-state index contributed by atoms with van der Waals surface area (Å²) >= 11 is 0. The first kappa shape index (κ1) is 13.5. The highest BCUT2D eigenvalue weighted by Crippen LogP contribution is 2.18. The van der Waals surface area contributed by atoms with E-state index in [9.17, 15) is 8.42 Å². The van der Waals surface area contributed by atoms with E-state index >= 15 is 0 Å². The molecule has 0 saturated carbocycles. The highest BCUT2D eigenvalue weighted by atomic mass is 32.2. The normalized spacial score (nSPS) is 19.9. The van der Waals surface area contributed by atoms with Crippen LogP contribution in [-0.4, -0.2) is 55.8 Å². The largest absolute Gasteiger partial charge is 0.363 e. The topological polar surface area (TPSA) is 82.4 Å². The summed E-state index contributed by atoms with van der Waals surface area (Å²) in [5.74, 6) is 0. The Labute approximate surface area is 108 Å². The maximum absolute atomic E-state index is 12.4. The molecule has 0 amide bonds. The molecule has 0 unspecified atom stereocenters. The van der Waals surface area contributed by atoms with Gasteiger partial charge in [-0.3, -0.25) is 0 Å². The Morgan fingerprint density at radius 2 is 2.11 bits per heavy atom.